The predicted molar refractivity (Wildman–Crippen MR) is 87.0 cm³/mol. The molecule has 0 atom stereocenters. The summed E-state index contributed by atoms with van der Waals surface area (Å²) in [7, 11) is 0. The van der Waals surface area contributed by atoms with Crippen molar-refractivity contribution in [2.75, 3.05) is 0 Å². The minimum atomic E-state index is -0.660. The Morgan fingerprint density at radius 2 is 1.88 bits per heavy atom. The highest BCUT2D eigenvalue weighted by atomic mass is 35.5. The molecule has 2 aromatic carbocycles. The molecule has 0 unspecified atom stereocenters. The van der Waals surface area contributed by atoms with E-state index in [9.17, 15) is 14.9 Å². The fraction of sp³-hybridized carbons (Fsp3) is 0.0625. The molecule has 3 aromatic rings. The quantitative estimate of drug-likeness (QED) is 0.388. The second-order valence-electron chi connectivity index (χ2n) is 4.86. The number of rotatable bonds is 5. The summed E-state index contributed by atoms with van der Waals surface area (Å²) in [6, 6.07) is 12.0. The van der Waals surface area contributed by atoms with Gasteiger partial charge in [-0.3, -0.25) is 10.1 Å². The number of esters is 1. The molecular weight excluding hydrogens is 350 g/mol. The van der Waals surface area contributed by atoms with E-state index in [2.05, 4.69) is 10.2 Å². The van der Waals surface area contributed by atoms with Crippen LogP contribution < -0.4 is 0 Å². The topological polar surface area (TPSA) is 108 Å². The molecule has 8 nitrogen and oxygen atoms in total. The van der Waals surface area contributed by atoms with E-state index in [4.69, 9.17) is 20.8 Å². The van der Waals surface area contributed by atoms with Crippen molar-refractivity contribution < 1.29 is 18.9 Å². The van der Waals surface area contributed by atoms with Crippen LogP contribution in [0.1, 0.15) is 16.2 Å². The van der Waals surface area contributed by atoms with Gasteiger partial charge in [0.2, 0.25) is 5.89 Å². The van der Waals surface area contributed by atoms with E-state index < -0.39 is 10.9 Å². The monoisotopic (exact) mass is 359 g/mol. The summed E-state index contributed by atoms with van der Waals surface area (Å²) in [5.41, 5.74) is 0.638. The number of hydrogen-bond donors (Lipinski definition) is 0. The Labute approximate surface area is 146 Å². The van der Waals surface area contributed by atoms with E-state index in [1.54, 1.807) is 24.3 Å². The summed E-state index contributed by atoms with van der Waals surface area (Å²) in [4.78, 5) is 22.0. The number of carbonyl (C=O) groups is 1. The van der Waals surface area contributed by atoms with Gasteiger partial charge < -0.3 is 9.15 Å². The minimum absolute atomic E-state index is 0.102. The van der Waals surface area contributed by atoms with E-state index in [1.165, 1.54) is 24.3 Å². The number of ether oxygens (including phenoxy) is 1. The number of aromatic nitrogens is 2. The normalized spacial score (nSPS) is 10.4. The van der Waals surface area contributed by atoms with Crippen LogP contribution in [-0.2, 0) is 11.3 Å². The van der Waals surface area contributed by atoms with Gasteiger partial charge in [0.1, 0.15) is 0 Å². The van der Waals surface area contributed by atoms with Crippen molar-refractivity contribution in [3.8, 4) is 11.5 Å². The predicted octanol–water partition coefficient (Wildman–Crippen LogP) is 3.66. The lowest BCUT2D eigenvalue weighted by Gasteiger charge is -2.01. The number of nitro groups is 1. The molecule has 9 heteroatoms. The van der Waals surface area contributed by atoms with Crippen LogP contribution in [0.15, 0.2) is 52.9 Å². The lowest BCUT2D eigenvalue weighted by Crippen LogP contribution is -2.05. The first-order chi connectivity index (χ1) is 12.0. The van der Waals surface area contributed by atoms with Crippen LogP contribution in [-0.4, -0.2) is 21.1 Å². The highest BCUT2D eigenvalue weighted by Gasteiger charge is 2.15. The SMILES string of the molecule is O=C(OCc1nnc(-c2ccccc2Cl)o1)c1ccc([N+](=O)[O-])cc1. The zero-order valence-corrected chi connectivity index (χ0v) is 13.3. The van der Waals surface area contributed by atoms with Gasteiger partial charge in [0.25, 0.3) is 11.6 Å². The Morgan fingerprint density at radius 3 is 2.56 bits per heavy atom. The summed E-state index contributed by atoms with van der Waals surface area (Å²) in [5, 5.41) is 18.7. The number of nitrogens with zero attached hydrogens (tertiary/aromatic N) is 3. The fourth-order valence-corrected chi connectivity index (χ4v) is 2.20. The average Bonchev–Trinajstić information content (AvgIpc) is 3.09. The first-order valence-corrected chi connectivity index (χ1v) is 7.41. The molecule has 0 fully saturated rings. The van der Waals surface area contributed by atoms with Crippen LogP contribution in [0.2, 0.25) is 5.02 Å². The van der Waals surface area contributed by atoms with Crippen molar-refractivity contribution in [2.24, 2.45) is 0 Å². The van der Waals surface area contributed by atoms with E-state index in [0.29, 0.717) is 10.6 Å². The average molecular weight is 360 g/mol. The molecule has 0 aliphatic heterocycles. The first-order valence-electron chi connectivity index (χ1n) is 7.03. The molecule has 0 aliphatic carbocycles. The summed E-state index contributed by atoms with van der Waals surface area (Å²) in [5.74, 6) is -0.343. The zero-order valence-electron chi connectivity index (χ0n) is 12.6. The Balaban J connectivity index is 1.65. The van der Waals surface area contributed by atoms with Crippen LogP contribution in [0.3, 0.4) is 0 Å². The van der Waals surface area contributed by atoms with E-state index in [1.807, 2.05) is 0 Å². The first kappa shape index (κ1) is 16.6. The number of carbonyl (C=O) groups excluding carboxylic acids is 1. The van der Waals surface area contributed by atoms with Crippen LogP contribution in [0.4, 0.5) is 5.69 Å². The molecule has 0 saturated carbocycles. The molecule has 25 heavy (non-hydrogen) atoms. The summed E-state index contributed by atoms with van der Waals surface area (Å²) in [6.07, 6.45) is 0. The maximum atomic E-state index is 11.9. The number of halogens is 1. The van der Waals surface area contributed by atoms with Crippen molar-refractivity contribution in [3.63, 3.8) is 0 Å². The maximum Gasteiger partial charge on any atom is 0.338 e. The maximum absolute atomic E-state index is 11.9. The van der Waals surface area contributed by atoms with Crippen LogP contribution >= 0.6 is 11.6 Å². The lowest BCUT2D eigenvalue weighted by atomic mass is 10.2. The minimum Gasteiger partial charge on any atom is -0.452 e. The number of hydrogen-bond acceptors (Lipinski definition) is 7. The Kier molecular flexibility index (Phi) is 4.71. The standard InChI is InChI=1S/C16H10ClN3O5/c17-13-4-2-1-3-12(13)15-19-18-14(25-15)9-24-16(21)10-5-7-11(8-6-10)20(22)23/h1-8H,9H2. The van der Waals surface area contributed by atoms with Crippen LogP contribution in [0.5, 0.6) is 0 Å². The largest absolute Gasteiger partial charge is 0.452 e. The fourth-order valence-electron chi connectivity index (χ4n) is 1.99. The number of nitro benzene ring substituents is 1. The zero-order chi connectivity index (χ0) is 17.8. The van der Waals surface area contributed by atoms with Crippen LogP contribution in [0.25, 0.3) is 11.5 Å². The van der Waals surface area contributed by atoms with Gasteiger partial charge in [0, 0.05) is 12.1 Å². The van der Waals surface area contributed by atoms with Crippen LogP contribution in [0, 0.1) is 10.1 Å². The Hall–Kier alpha value is -3.26. The third kappa shape index (κ3) is 3.81. The Morgan fingerprint density at radius 1 is 1.16 bits per heavy atom. The molecule has 0 bridgehead atoms. The molecule has 0 aliphatic rings. The molecule has 3 rings (SSSR count). The van der Waals surface area contributed by atoms with Gasteiger partial charge in [0.15, 0.2) is 6.61 Å². The molecule has 1 aromatic heterocycles. The Bertz CT molecular complexity index is 924. The van der Waals surface area contributed by atoms with Gasteiger partial charge in [-0.05, 0) is 24.3 Å². The summed E-state index contributed by atoms with van der Waals surface area (Å²) < 4.78 is 10.5. The molecule has 0 amide bonds. The van der Waals surface area contributed by atoms with Gasteiger partial charge in [-0.25, -0.2) is 4.79 Å². The molecule has 126 valence electrons. The second kappa shape index (κ2) is 7.10. The molecule has 0 spiro atoms. The van der Waals surface area contributed by atoms with Crippen molar-refractivity contribution in [2.45, 2.75) is 6.61 Å². The molecule has 1 heterocycles. The highest BCUT2D eigenvalue weighted by Crippen LogP contribution is 2.26. The lowest BCUT2D eigenvalue weighted by molar-refractivity contribution is -0.384. The highest BCUT2D eigenvalue weighted by molar-refractivity contribution is 6.33. The molecular formula is C16H10ClN3O5. The summed E-state index contributed by atoms with van der Waals surface area (Å²) in [6.45, 7) is -0.229. The van der Waals surface area contributed by atoms with E-state index in [0.717, 1.165) is 0 Å². The van der Waals surface area contributed by atoms with Crippen molar-refractivity contribution in [1.82, 2.24) is 10.2 Å². The number of non-ortho nitro benzene ring substituents is 1. The molecule has 0 saturated heterocycles. The van der Waals surface area contributed by atoms with E-state index in [-0.39, 0.29) is 29.6 Å². The number of benzene rings is 2. The van der Waals surface area contributed by atoms with Crippen molar-refractivity contribution >= 4 is 23.3 Å². The smallest absolute Gasteiger partial charge is 0.338 e. The molecule has 0 N–H and O–H groups in total. The third-order valence-corrected chi connectivity index (χ3v) is 3.54. The molecule has 0 radical (unpaired) electrons. The van der Waals surface area contributed by atoms with Gasteiger partial charge in [-0.1, -0.05) is 23.7 Å². The van der Waals surface area contributed by atoms with Crippen molar-refractivity contribution in [1.29, 1.82) is 0 Å². The second-order valence-corrected chi connectivity index (χ2v) is 5.27. The van der Waals surface area contributed by atoms with E-state index >= 15 is 0 Å². The summed E-state index contributed by atoms with van der Waals surface area (Å²) >= 11 is 6.05. The van der Waals surface area contributed by atoms with Gasteiger partial charge in [0.05, 0.1) is 21.1 Å². The van der Waals surface area contributed by atoms with Crippen molar-refractivity contribution in [3.05, 3.63) is 75.1 Å². The van der Waals surface area contributed by atoms with Gasteiger partial charge >= 0.3 is 5.97 Å². The van der Waals surface area contributed by atoms with Gasteiger partial charge in [-0.15, -0.1) is 10.2 Å². The van der Waals surface area contributed by atoms with Gasteiger partial charge in [-0.2, -0.15) is 0 Å². The third-order valence-electron chi connectivity index (χ3n) is 3.21.